The molecule has 0 bridgehead atoms. The van der Waals surface area contributed by atoms with Gasteiger partial charge in [0.05, 0.1) is 39.9 Å². The van der Waals surface area contributed by atoms with E-state index in [1.165, 1.54) is 44.9 Å². The van der Waals surface area contributed by atoms with Gasteiger partial charge in [-0.15, -0.1) is 0 Å². The van der Waals surface area contributed by atoms with Crippen molar-refractivity contribution in [3.05, 3.63) is 24.3 Å². The highest BCUT2D eigenvalue weighted by Crippen LogP contribution is 2.38. The summed E-state index contributed by atoms with van der Waals surface area (Å²) in [5, 5.41) is 13.5. The van der Waals surface area contributed by atoms with E-state index in [1.54, 1.807) is 6.08 Å². The maximum atomic E-state index is 12.6. The van der Waals surface area contributed by atoms with E-state index < -0.39 is 20.0 Å². The summed E-state index contributed by atoms with van der Waals surface area (Å²) in [5.74, 6) is -0.216. The molecule has 0 aliphatic rings. The summed E-state index contributed by atoms with van der Waals surface area (Å²) in [4.78, 5) is 24.9. The summed E-state index contributed by atoms with van der Waals surface area (Å²) >= 11 is 0. The zero-order valence-corrected chi connectivity index (χ0v) is 27.9. The van der Waals surface area contributed by atoms with Crippen LogP contribution in [-0.2, 0) is 18.4 Å². The molecule has 2 N–H and O–H groups in total. The van der Waals surface area contributed by atoms with Gasteiger partial charge in [0.25, 0.3) is 7.82 Å². The summed E-state index contributed by atoms with van der Waals surface area (Å²) in [6.45, 7) is 4.50. The number of hydrogen-bond donors (Lipinski definition) is 2. The molecule has 0 spiro atoms. The first kappa shape index (κ1) is 40.0. The van der Waals surface area contributed by atoms with E-state index >= 15 is 0 Å². The number of hydrogen-bond acceptors (Lipinski definition) is 6. The number of phosphoric ester groups is 1. The fourth-order valence-corrected chi connectivity index (χ4v) is 4.92. The summed E-state index contributed by atoms with van der Waals surface area (Å²) in [7, 11) is 1.24. The normalized spacial score (nSPS) is 15.4. The molecule has 41 heavy (non-hydrogen) atoms. The predicted octanol–water partition coefficient (Wildman–Crippen LogP) is 6.82. The van der Waals surface area contributed by atoms with Gasteiger partial charge in [-0.3, -0.25) is 9.36 Å². The molecule has 8 nitrogen and oxygen atoms in total. The first-order valence-electron chi connectivity index (χ1n) is 16.2. The molecule has 242 valence electrons. The summed E-state index contributed by atoms with van der Waals surface area (Å²) < 4.78 is 22.9. The highest BCUT2D eigenvalue weighted by Gasteiger charge is 2.23. The van der Waals surface area contributed by atoms with Gasteiger partial charge < -0.3 is 28.8 Å². The lowest BCUT2D eigenvalue weighted by Gasteiger charge is -2.29. The minimum absolute atomic E-state index is 0.00312. The zero-order chi connectivity index (χ0) is 30.8. The van der Waals surface area contributed by atoms with E-state index in [1.807, 2.05) is 27.2 Å². The van der Waals surface area contributed by atoms with Crippen LogP contribution >= 0.6 is 7.82 Å². The third kappa shape index (κ3) is 27.6. The Labute approximate surface area is 252 Å². The fourth-order valence-electron chi connectivity index (χ4n) is 4.20. The van der Waals surface area contributed by atoms with Crippen LogP contribution in [0.15, 0.2) is 24.3 Å². The van der Waals surface area contributed by atoms with Gasteiger partial charge in [0.15, 0.2) is 0 Å². The average Bonchev–Trinajstić information content (AvgIpc) is 2.90. The lowest BCUT2D eigenvalue weighted by molar-refractivity contribution is -0.870. The molecule has 0 aromatic rings. The minimum atomic E-state index is -4.56. The third-order valence-corrected chi connectivity index (χ3v) is 7.87. The van der Waals surface area contributed by atoms with Crippen molar-refractivity contribution in [1.29, 1.82) is 0 Å². The van der Waals surface area contributed by atoms with E-state index in [2.05, 4.69) is 31.3 Å². The van der Waals surface area contributed by atoms with Gasteiger partial charge in [-0.25, -0.2) is 0 Å². The molecule has 0 fully saturated rings. The molecule has 3 atom stereocenters. The number of amides is 1. The molecule has 0 radical (unpaired) electrons. The fraction of sp³-hybridized carbons (Fsp3) is 0.844. The first-order valence-corrected chi connectivity index (χ1v) is 17.7. The van der Waals surface area contributed by atoms with Crippen LogP contribution < -0.4 is 10.2 Å². The van der Waals surface area contributed by atoms with Gasteiger partial charge >= 0.3 is 0 Å². The topological polar surface area (TPSA) is 108 Å². The number of phosphoric acid groups is 1. The Morgan fingerprint density at radius 3 is 1.90 bits per heavy atom. The summed E-state index contributed by atoms with van der Waals surface area (Å²) in [6, 6.07) is -0.882. The molecular weight excluding hydrogens is 539 g/mol. The van der Waals surface area contributed by atoms with Crippen LogP contribution in [0.1, 0.15) is 123 Å². The Bertz CT molecular complexity index is 738. The van der Waals surface area contributed by atoms with Crippen LogP contribution in [-0.4, -0.2) is 68.5 Å². The van der Waals surface area contributed by atoms with Crippen LogP contribution in [0.25, 0.3) is 0 Å². The number of aliphatic hydroxyl groups is 1. The van der Waals surface area contributed by atoms with Crippen molar-refractivity contribution < 1.29 is 32.9 Å². The quantitative estimate of drug-likeness (QED) is 0.0440. The molecule has 0 aromatic heterocycles. The maximum Gasteiger partial charge on any atom is 0.268 e. The Morgan fingerprint density at radius 1 is 0.829 bits per heavy atom. The Kier molecular flexibility index (Phi) is 24.8. The maximum absolute atomic E-state index is 12.6. The van der Waals surface area contributed by atoms with Crippen LogP contribution in [0, 0.1) is 0 Å². The smallest absolute Gasteiger partial charge is 0.268 e. The van der Waals surface area contributed by atoms with Crippen molar-refractivity contribution in [1.82, 2.24) is 5.32 Å². The minimum Gasteiger partial charge on any atom is -0.756 e. The van der Waals surface area contributed by atoms with Gasteiger partial charge in [-0.2, -0.15) is 0 Å². The number of unbranched alkanes of at least 4 members (excludes halogenated alkanes) is 13. The molecule has 1 amide bonds. The molecule has 3 unspecified atom stereocenters. The molecule has 0 aromatic carbocycles. The molecule has 9 heteroatoms. The second-order valence-corrected chi connectivity index (χ2v) is 13.6. The van der Waals surface area contributed by atoms with E-state index in [4.69, 9.17) is 9.05 Å². The van der Waals surface area contributed by atoms with E-state index in [9.17, 15) is 19.4 Å². The molecule has 0 rings (SSSR count). The van der Waals surface area contributed by atoms with Gasteiger partial charge in [-0.05, 0) is 44.9 Å². The lowest BCUT2D eigenvalue weighted by atomic mass is 10.1. The number of carbonyl (C=O) groups excluding carboxylic acids is 1. The molecule has 0 aliphatic heterocycles. The first-order chi connectivity index (χ1) is 19.5. The van der Waals surface area contributed by atoms with Crippen LogP contribution in [0.2, 0.25) is 0 Å². The van der Waals surface area contributed by atoms with E-state index in [0.29, 0.717) is 17.4 Å². The number of nitrogens with zero attached hydrogens (tertiary/aromatic N) is 1. The van der Waals surface area contributed by atoms with Gasteiger partial charge in [-0.1, -0.05) is 95.9 Å². The van der Waals surface area contributed by atoms with Crippen molar-refractivity contribution in [2.75, 3.05) is 40.9 Å². The standard InChI is InChI=1S/C32H63N2O6P/c1-6-8-10-12-14-15-16-17-18-19-20-22-24-26-32(36)33-30(31(35)25-23-21-13-11-9-7-2)29-40-41(37,38)39-28-27-34(3,4)5/h15-16,23,25,30-31,35H,6-14,17-22,24,26-29H2,1-5H3,(H-,33,36,37,38)/b16-15-,25-23+. The molecule has 0 aliphatic carbocycles. The number of nitrogens with one attached hydrogen (secondary N) is 1. The van der Waals surface area contributed by atoms with Crippen LogP contribution in [0.3, 0.4) is 0 Å². The second kappa shape index (κ2) is 25.5. The van der Waals surface area contributed by atoms with Gasteiger partial charge in [0.1, 0.15) is 13.2 Å². The summed E-state index contributed by atoms with van der Waals surface area (Å²) in [5.41, 5.74) is 0. The average molecular weight is 603 g/mol. The predicted molar refractivity (Wildman–Crippen MR) is 168 cm³/mol. The van der Waals surface area contributed by atoms with Crippen molar-refractivity contribution in [2.45, 2.75) is 135 Å². The summed E-state index contributed by atoms with van der Waals surface area (Å²) in [6.07, 6.45) is 25.3. The van der Waals surface area contributed by atoms with Crippen LogP contribution in [0.4, 0.5) is 0 Å². The third-order valence-electron chi connectivity index (χ3n) is 6.91. The number of quaternary nitrogens is 1. The number of rotatable bonds is 28. The van der Waals surface area contributed by atoms with Crippen LogP contribution in [0.5, 0.6) is 0 Å². The zero-order valence-electron chi connectivity index (χ0n) is 27.0. The molecular formula is C32H63N2O6P. The van der Waals surface area contributed by atoms with Crippen molar-refractivity contribution in [3.8, 4) is 0 Å². The second-order valence-electron chi connectivity index (χ2n) is 12.2. The molecule has 0 heterocycles. The molecule has 0 saturated carbocycles. The number of likely N-dealkylation sites (N-methyl/N-ethyl adjacent to an activating group) is 1. The van der Waals surface area contributed by atoms with Crippen molar-refractivity contribution in [2.24, 2.45) is 0 Å². The van der Waals surface area contributed by atoms with E-state index in [0.717, 1.165) is 57.8 Å². The molecule has 0 saturated heterocycles. The number of aliphatic hydroxyl groups excluding tert-OH is 1. The number of allylic oxidation sites excluding steroid dienone is 3. The van der Waals surface area contributed by atoms with Gasteiger partial charge in [0, 0.05) is 6.42 Å². The van der Waals surface area contributed by atoms with Crippen molar-refractivity contribution in [3.63, 3.8) is 0 Å². The largest absolute Gasteiger partial charge is 0.756 e. The SMILES string of the molecule is CCCCCC/C=C\CCCCCCCC(=O)NC(COP(=O)([O-])OCC[N+](C)(C)C)C(O)/C=C/CCCCCC. The van der Waals surface area contributed by atoms with Gasteiger partial charge in [0.2, 0.25) is 5.91 Å². The Hall–Kier alpha value is -1.02. The Morgan fingerprint density at radius 2 is 1.34 bits per heavy atom. The Balaban J connectivity index is 4.53. The highest BCUT2D eigenvalue weighted by molar-refractivity contribution is 7.45. The highest BCUT2D eigenvalue weighted by atomic mass is 31.2. The van der Waals surface area contributed by atoms with Crippen molar-refractivity contribution >= 4 is 13.7 Å². The monoisotopic (exact) mass is 602 g/mol. The van der Waals surface area contributed by atoms with E-state index in [-0.39, 0.29) is 19.1 Å². The lowest BCUT2D eigenvalue weighted by Crippen LogP contribution is -2.45. The number of carbonyl (C=O) groups is 1.